The van der Waals surface area contributed by atoms with Gasteiger partial charge in [0.2, 0.25) is 5.91 Å². The zero-order valence-corrected chi connectivity index (χ0v) is 20.7. The molecule has 4 rings (SSSR count). The number of carbonyl (C=O) groups excluding carboxylic acids is 1. The van der Waals surface area contributed by atoms with Gasteiger partial charge in [-0.3, -0.25) is 24.3 Å². The first-order valence-electron chi connectivity index (χ1n) is 10.6. The molecule has 1 heterocycles. The first-order chi connectivity index (χ1) is 16.7. The number of nitro groups is 1. The second-order valence-electron chi connectivity index (χ2n) is 8.03. The molecular weight excluding hydrogens is 488 g/mol. The highest BCUT2D eigenvalue weighted by molar-refractivity contribution is 7.99. The molecule has 1 amide bonds. The lowest BCUT2D eigenvalue weighted by Crippen LogP contribution is -2.23. The number of benzene rings is 3. The van der Waals surface area contributed by atoms with E-state index in [0.29, 0.717) is 26.8 Å². The summed E-state index contributed by atoms with van der Waals surface area (Å²) in [5, 5.41) is 15.3. The van der Waals surface area contributed by atoms with Crippen molar-refractivity contribution in [1.29, 1.82) is 0 Å². The van der Waals surface area contributed by atoms with Gasteiger partial charge >= 0.3 is 0 Å². The van der Waals surface area contributed by atoms with Gasteiger partial charge in [0.05, 0.1) is 27.3 Å². The van der Waals surface area contributed by atoms with Gasteiger partial charge in [-0.2, -0.15) is 0 Å². The second-order valence-corrected chi connectivity index (χ2v) is 9.38. The van der Waals surface area contributed by atoms with Crippen LogP contribution in [0, 0.1) is 30.9 Å². The largest absolute Gasteiger partial charge is 0.320 e. The summed E-state index contributed by atoms with van der Waals surface area (Å²) in [7, 11) is 0. The molecule has 0 spiro atoms. The van der Waals surface area contributed by atoms with Gasteiger partial charge in [0, 0.05) is 11.1 Å². The van der Waals surface area contributed by atoms with Gasteiger partial charge in [-0.05, 0) is 67.8 Å². The number of aromatic nitrogens is 2. The van der Waals surface area contributed by atoms with E-state index < -0.39 is 10.8 Å². The van der Waals surface area contributed by atoms with Crippen molar-refractivity contribution in [3.63, 3.8) is 0 Å². The van der Waals surface area contributed by atoms with Gasteiger partial charge in [0.25, 0.3) is 11.2 Å². The second kappa shape index (κ2) is 9.89. The molecule has 0 unspecified atom stereocenters. The number of hydrogen-bond acceptors (Lipinski definition) is 6. The van der Waals surface area contributed by atoms with Crippen molar-refractivity contribution in [2.45, 2.75) is 25.9 Å². The number of anilines is 1. The Morgan fingerprint density at radius 2 is 1.80 bits per heavy atom. The number of carbonyl (C=O) groups is 1. The van der Waals surface area contributed by atoms with Gasteiger partial charge in [-0.1, -0.05) is 41.6 Å². The van der Waals surface area contributed by atoms with E-state index in [1.807, 2.05) is 13.8 Å². The minimum atomic E-state index is -0.529. The quantitative estimate of drug-likeness (QED) is 0.157. The molecule has 0 saturated heterocycles. The highest BCUT2D eigenvalue weighted by atomic mass is 35.5. The maximum absolute atomic E-state index is 13.4. The van der Waals surface area contributed by atoms with E-state index in [0.717, 1.165) is 28.5 Å². The molecule has 0 saturated carbocycles. The molecule has 0 bridgehead atoms. The number of fused-ring (bicyclic) bond motifs is 1. The van der Waals surface area contributed by atoms with Gasteiger partial charge in [0.1, 0.15) is 5.69 Å². The first-order valence-corrected chi connectivity index (χ1v) is 12.0. The van der Waals surface area contributed by atoms with Crippen molar-refractivity contribution in [2.75, 3.05) is 11.1 Å². The fourth-order valence-electron chi connectivity index (χ4n) is 3.53. The van der Waals surface area contributed by atoms with Crippen LogP contribution in [0.2, 0.25) is 5.02 Å². The summed E-state index contributed by atoms with van der Waals surface area (Å²) in [6.07, 6.45) is 0. The Morgan fingerprint density at radius 3 is 2.51 bits per heavy atom. The number of halogens is 1. The Labute approximate surface area is 210 Å². The Bertz CT molecular complexity index is 1550. The molecule has 35 heavy (non-hydrogen) atoms. The van der Waals surface area contributed by atoms with Crippen LogP contribution in [0.1, 0.15) is 16.7 Å². The average molecular weight is 509 g/mol. The van der Waals surface area contributed by atoms with E-state index >= 15 is 0 Å². The number of rotatable bonds is 6. The molecule has 0 radical (unpaired) electrons. The molecular formula is C25H21ClN4O4S. The minimum Gasteiger partial charge on any atom is -0.320 e. The molecule has 178 valence electrons. The molecule has 10 heteroatoms. The van der Waals surface area contributed by atoms with Crippen molar-refractivity contribution in [3.8, 4) is 5.69 Å². The average Bonchev–Trinajstić information content (AvgIpc) is 2.82. The van der Waals surface area contributed by atoms with Crippen LogP contribution in [0.5, 0.6) is 0 Å². The normalized spacial score (nSPS) is 11.0. The molecule has 0 aliphatic heterocycles. The number of amides is 1. The molecule has 4 aromatic rings. The summed E-state index contributed by atoms with van der Waals surface area (Å²) in [5.74, 6) is -0.577. The summed E-state index contributed by atoms with van der Waals surface area (Å²) >= 11 is 7.36. The Kier molecular flexibility index (Phi) is 6.90. The number of aryl methyl sites for hydroxylation is 3. The van der Waals surface area contributed by atoms with Gasteiger partial charge < -0.3 is 5.32 Å². The van der Waals surface area contributed by atoms with E-state index in [9.17, 15) is 19.7 Å². The van der Waals surface area contributed by atoms with Crippen LogP contribution in [0.25, 0.3) is 16.6 Å². The summed E-state index contributed by atoms with van der Waals surface area (Å²) in [6.45, 7) is 5.44. The van der Waals surface area contributed by atoms with E-state index in [2.05, 4.69) is 10.3 Å². The third kappa shape index (κ3) is 5.06. The highest BCUT2D eigenvalue weighted by Gasteiger charge is 2.19. The lowest BCUT2D eigenvalue weighted by molar-refractivity contribution is -0.384. The number of nitrogens with one attached hydrogen (secondary N) is 1. The zero-order valence-electron chi connectivity index (χ0n) is 19.2. The van der Waals surface area contributed by atoms with Crippen LogP contribution in [0.15, 0.2) is 64.5 Å². The standard InChI is InChI=1S/C25H21ClN4O4S/c1-14-8-9-17(12-19(14)26)29-24(32)18-6-4-5-7-20(18)28-25(29)35-13-23(31)27-21-10-15(2)16(3)11-22(21)30(33)34/h4-12H,13H2,1-3H3,(H,27,31). The van der Waals surface area contributed by atoms with Crippen LogP contribution in [-0.4, -0.2) is 26.1 Å². The van der Waals surface area contributed by atoms with E-state index in [1.165, 1.54) is 10.6 Å². The van der Waals surface area contributed by atoms with Crippen molar-refractivity contribution in [2.24, 2.45) is 0 Å². The molecule has 1 aromatic heterocycles. The van der Waals surface area contributed by atoms with Gasteiger partial charge in [-0.15, -0.1) is 0 Å². The third-order valence-electron chi connectivity index (χ3n) is 5.57. The first kappa shape index (κ1) is 24.4. The molecule has 0 atom stereocenters. The lowest BCUT2D eigenvalue weighted by atomic mass is 10.1. The fraction of sp³-hybridized carbons (Fsp3) is 0.160. The Balaban J connectivity index is 1.69. The third-order valence-corrected chi connectivity index (χ3v) is 6.92. The number of nitrogens with zero attached hydrogens (tertiary/aromatic N) is 3. The van der Waals surface area contributed by atoms with Crippen LogP contribution in [-0.2, 0) is 4.79 Å². The van der Waals surface area contributed by atoms with Crippen molar-refractivity contribution >= 4 is 51.5 Å². The predicted molar refractivity (Wildman–Crippen MR) is 139 cm³/mol. The van der Waals surface area contributed by atoms with Crippen molar-refractivity contribution in [3.05, 3.63) is 96.8 Å². The Morgan fingerprint density at radius 1 is 1.09 bits per heavy atom. The van der Waals surface area contributed by atoms with Crippen LogP contribution in [0.4, 0.5) is 11.4 Å². The number of para-hydroxylation sites is 1. The topological polar surface area (TPSA) is 107 Å². The summed E-state index contributed by atoms with van der Waals surface area (Å²) in [6, 6.07) is 15.2. The number of thioether (sulfide) groups is 1. The van der Waals surface area contributed by atoms with Crippen molar-refractivity contribution in [1.82, 2.24) is 9.55 Å². The van der Waals surface area contributed by atoms with E-state index in [1.54, 1.807) is 55.5 Å². The maximum Gasteiger partial charge on any atom is 0.293 e. The fourth-order valence-corrected chi connectivity index (χ4v) is 4.51. The molecule has 3 aromatic carbocycles. The number of nitro benzene ring substituents is 1. The maximum atomic E-state index is 13.4. The van der Waals surface area contributed by atoms with Gasteiger partial charge in [-0.25, -0.2) is 4.98 Å². The van der Waals surface area contributed by atoms with Crippen LogP contribution in [0.3, 0.4) is 0 Å². The highest BCUT2D eigenvalue weighted by Crippen LogP contribution is 2.29. The molecule has 0 aliphatic carbocycles. The summed E-state index contributed by atoms with van der Waals surface area (Å²) < 4.78 is 1.42. The SMILES string of the molecule is Cc1cc(NC(=O)CSc2nc3ccccc3c(=O)n2-c2ccc(C)c(Cl)c2)c([N+](=O)[O-])cc1C. The molecule has 8 nitrogen and oxygen atoms in total. The van der Waals surface area contributed by atoms with Crippen LogP contribution < -0.4 is 10.9 Å². The lowest BCUT2D eigenvalue weighted by Gasteiger charge is -2.14. The van der Waals surface area contributed by atoms with Crippen LogP contribution >= 0.6 is 23.4 Å². The van der Waals surface area contributed by atoms with Gasteiger partial charge in [0.15, 0.2) is 5.16 Å². The van der Waals surface area contributed by atoms with Crippen molar-refractivity contribution < 1.29 is 9.72 Å². The van der Waals surface area contributed by atoms with E-state index in [4.69, 9.17) is 11.6 Å². The molecule has 1 N–H and O–H groups in total. The predicted octanol–water partition coefficient (Wildman–Crippen LogP) is 5.60. The zero-order chi connectivity index (χ0) is 25.3. The smallest absolute Gasteiger partial charge is 0.293 e. The summed E-state index contributed by atoms with van der Waals surface area (Å²) in [5.41, 5.74) is 3.12. The minimum absolute atomic E-state index is 0.117. The molecule has 0 fully saturated rings. The monoisotopic (exact) mass is 508 g/mol. The Hall–Kier alpha value is -3.69. The summed E-state index contributed by atoms with van der Waals surface area (Å²) in [4.78, 5) is 41.7. The number of hydrogen-bond donors (Lipinski definition) is 1. The van der Waals surface area contributed by atoms with E-state index in [-0.39, 0.29) is 22.7 Å². The molecule has 0 aliphatic rings.